The molecule has 9 heteroatoms. The topological polar surface area (TPSA) is 93.4 Å². The van der Waals surface area contributed by atoms with Crippen LogP contribution in [0, 0.1) is 3.57 Å². The fourth-order valence-electron chi connectivity index (χ4n) is 3.61. The number of nitrogens with one attached hydrogen (secondary N) is 1. The molecule has 162 valence electrons. The van der Waals surface area contributed by atoms with Gasteiger partial charge < -0.3 is 20.7 Å². The number of benzene rings is 2. The van der Waals surface area contributed by atoms with Gasteiger partial charge in [0.25, 0.3) is 5.91 Å². The number of amides is 1. The van der Waals surface area contributed by atoms with E-state index in [0.717, 1.165) is 33.6 Å². The van der Waals surface area contributed by atoms with Crippen LogP contribution in [0.15, 0.2) is 54.6 Å². The van der Waals surface area contributed by atoms with Gasteiger partial charge in [0.15, 0.2) is 0 Å². The number of carbonyl (C=O) groups excluding carboxylic acids is 1. The molecule has 5 rings (SSSR count). The number of ether oxygens (including phenoxy) is 1. The highest BCUT2D eigenvalue weighted by molar-refractivity contribution is 14.1. The number of fused-ring (bicyclic) bond motifs is 1. The molecule has 0 radical (unpaired) electrons. The first-order valence-corrected chi connectivity index (χ1v) is 12.0. The minimum atomic E-state index is -0.251. The SMILES string of the molecule is Nc1c(C(=O)Nc2ccc(I)cc2)sc2nc(N3CCOCC3)nc(-c3ccccc3)c12. The highest BCUT2D eigenvalue weighted by Crippen LogP contribution is 2.39. The van der Waals surface area contributed by atoms with Gasteiger partial charge in [-0.25, -0.2) is 9.97 Å². The predicted molar refractivity (Wildman–Crippen MR) is 137 cm³/mol. The fourth-order valence-corrected chi connectivity index (χ4v) is 4.95. The first kappa shape index (κ1) is 21.1. The van der Waals surface area contributed by atoms with E-state index in [1.165, 1.54) is 11.3 Å². The average Bonchev–Trinajstić information content (AvgIpc) is 3.17. The van der Waals surface area contributed by atoms with Gasteiger partial charge in [-0.2, -0.15) is 0 Å². The molecule has 1 aliphatic heterocycles. The molecule has 0 saturated carbocycles. The van der Waals surface area contributed by atoms with Crippen LogP contribution in [0.5, 0.6) is 0 Å². The average molecular weight is 557 g/mol. The van der Waals surface area contributed by atoms with Gasteiger partial charge in [-0.15, -0.1) is 11.3 Å². The Hall–Kier alpha value is -2.76. The van der Waals surface area contributed by atoms with Gasteiger partial charge in [0, 0.05) is 27.9 Å². The number of anilines is 3. The number of hydrogen-bond acceptors (Lipinski definition) is 7. The number of hydrogen-bond donors (Lipinski definition) is 2. The van der Waals surface area contributed by atoms with Crippen molar-refractivity contribution in [1.82, 2.24) is 9.97 Å². The number of morpholine rings is 1. The molecule has 0 atom stereocenters. The molecule has 2 aromatic heterocycles. The second-order valence-corrected chi connectivity index (χ2v) is 9.57. The van der Waals surface area contributed by atoms with E-state index < -0.39 is 0 Å². The number of nitrogens with zero attached hydrogens (tertiary/aromatic N) is 3. The van der Waals surface area contributed by atoms with Crippen LogP contribution in [-0.2, 0) is 4.74 Å². The second-order valence-electron chi connectivity index (χ2n) is 7.32. The van der Waals surface area contributed by atoms with E-state index in [4.69, 9.17) is 20.4 Å². The monoisotopic (exact) mass is 557 g/mol. The number of aromatic nitrogens is 2. The van der Waals surface area contributed by atoms with Crippen LogP contribution in [-0.4, -0.2) is 42.2 Å². The Labute approximate surface area is 202 Å². The van der Waals surface area contributed by atoms with Crippen LogP contribution in [0.25, 0.3) is 21.5 Å². The number of carbonyl (C=O) groups is 1. The lowest BCUT2D eigenvalue weighted by molar-refractivity contribution is 0.103. The molecule has 0 aliphatic carbocycles. The third-order valence-electron chi connectivity index (χ3n) is 5.23. The van der Waals surface area contributed by atoms with Crippen LogP contribution in [0.3, 0.4) is 0 Å². The Morgan fingerprint density at radius 1 is 1.06 bits per heavy atom. The van der Waals surface area contributed by atoms with Gasteiger partial charge in [-0.3, -0.25) is 4.79 Å². The molecule has 4 aromatic rings. The van der Waals surface area contributed by atoms with Gasteiger partial charge in [-0.1, -0.05) is 30.3 Å². The maximum Gasteiger partial charge on any atom is 0.267 e. The van der Waals surface area contributed by atoms with Gasteiger partial charge in [-0.05, 0) is 46.9 Å². The number of thiophene rings is 1. The largest absolute Gasteiger partial charge is 0.397 e. The summed E-state index contributed by atoms with van der Waals surface area (Å²) in [6, 6.07) is 17.5. The first-order chi connectivity index (χ1) is 15.6. The third-order valence-corrected chi connectivity index (χ3v) is 7.04. The Kier molecular flexibility index (Phi) is 5.94. The normalized spacial score (nSPS) is 14.0. The van der Waals surface area contributed by atoms with Crippen molar-refractivity contribution in [1.29, 1.82) is 0 Å². The molecule has 1 fully saturated rings. The number of halogens is 1. The Morgan fingerprint density at radius 2 is 1.78 bits per heavy atom. The molecular weight excluding hydrogens is 537 g/mol. The van der Waals surface area contributed by atoms with Gasteiger partial charge >= 0.3 is 0 Å². The van der Waals surface area contributed by atoms with Crippen LogP contribution in [0.2, 0.25) is 0 Å². The predicted octanol–water partition coefficient (Wildman–Crippen LogP) is 4.63. The van der Waals surface area contributed by atoms with E-state index in [1.807, 2.05) is 54.6 Å². The summed E-state index contributed by atoms with van der Waals surface area (Å²) < 4.78 is 6.57. The molecule has 2 aromatic carbocycles. The summed E-state index contributed by atoms with van der Waals surface area (Å²) in [7, 11) is 0. The standard InChI is InChI=1S/C23H20IN5O2S/c24-15-6-8-16(9-7-15)26-21(30)20-18(25)17-19(14-4-2-1-3-5-14)27-23(28-22(17)32-20)29-10-12-31-13-11-29/h1-9H,10-13,25H2,(H,26,30). The van der Waals surface area contributed by atoms with Crippen molar-refractivity contribution in [3.05, 3.63) is 63.0 Å². The van der Waals surface area contributed by atoms with Crippen molar-refractivity contribution < 1.29 is 9.53 Å². The molecule has 0 bridgehead atoms. The molecular formula is C23H20IN5O2S. The van der Waals surface area contributed by atoms with E-state index in [2.05, 4.69) is 32.8 Å². The second kappa shape index (κ2) is 9.00. The number of rotatable bonds is 4. The first-order valence-electron chi connectivity index (χ1n) is 10.1. The molecule has 3 N–H and O–H groups in total. The highest BCUT2D eigenvalue weighted by atomic mass is 127. The third kappa shape index (κ3) is 4.15. The van der Waals surface area contributed by atoms with Gasteiger partial charge in [0.1, 0.15) is 9.71 Å². The Morgan fingerprint density at radius 3 is 2.50 bits per heavy atom. The van der Waals surface area contributed by atoms with Crippen LogP contribution >= 0.6 is 33.9 Å². The lowest BCUT2D eigenvalue weighted by atomic mass is 10.1. The summed E-state index contributed by atoms with van der Waals surface area (Å²) in [6.45, 7) is 2.72. The number of nitrogen functional groups attached to an aromatic ring is 1. The smallest absolute Gasteiger partial charge is 0.267 e. The van der Waals surface area contributed by atoms with Crippen molar-refractivity contribution >= 4 is 67.4 Å². The molecule has 3 heterocycles. The summed E-state index contributed by atoms with van der Waals surface area (Å²) >= 11 is 3.52. The van der Waals surface area contributed by atoms with Crippen molar-refractivity contribution in [3.8, 4) is 11.3 Å². The molecule has 32 heavy (non-hydrogen) atoms. The van der Waals surface area contributed by atoms with Crippen LogP contribution in [0.1, 0.15) is 9.67 Å². The molecule has 0 unspecified atom stereocenters. The summed E-state index contributed by atoms with van der Waals surface area (Å²) in [4.78, 5) is 26.0. The summed E-state index contributed by atoms with van der Waals surface area (Å²) in [5.74, 6) is 0.379. The van der Waals surface area contributed by atoms with Crippen LogP contribution < -0.4 is 16.0 Å². The molecule has 7 nitrogen and oxygen atoms in total. The minimum Gasteiger partial charge on any atom is -0.397 e. The highest BCUT2D eigenvalue weighted by Gasteiger charge is 2.24. The number of nitrogens with two attached hydrogens (primary N) is 1. The van der Waals surface area contributed by atoms with Crippen LogP contribution in [0.4, 0.5) is 17.3 Å². The van der Waals surface area contributed by atoms with E-state index >= 15 is 0 Å². The Balaban J connectivity index is 1.60. The maximum atomic E-state index is 13.1. The lowest BCUT2D eigenvalue weighted by Gasteiger charge is -2.27. The summed E-state index contributed by atoms with van der Waals surface area (Å²) in [5, 5.41) is 3.65. The zero-order valence-corrected chi connectivity index (χ0v) is 20.0. The zero-order valence-electron chi connectivity index (χ0n) is 17.0. The zero-order chi connectivity index (χ0) is 22.1. The van der Waals surface area contributed by atoms with E-state index in [9.17, 15) is 4.79 Å². The van der Waals surface area contributed by atoms with Crippen molar-refractivity contribution in [3.63, 3.8) is 0 Å². The fraction of sp³-hybridized carbons (Fsp3) is 0.174. The van der Waals surface area contributed by atoms with Crippen molar-refractivity contribution in [2.45, 2.75) is 0 Å². The lowest BCUT2D eigenvalue weighted by Crippen LogP contribution is -2.37. The van der Waals surface area contributed by atoms with E-state index in [0.29, 0.717) is 39.9 Å². The van der Waals surface area contributed by atoms with Crippen molar-refractivity contribution in [2.75, 3.05) is 42.3 Å². The summed E-state index contributed by atoms with van der Waals surface area (Å²) in [6.07, 6.45) is 0. The molecule has 0 spiro atoms. The van der Waals surface area contributed by atoms with Gasteiger partial charge in [0.05, 0.1) is 30.0 Å². The summed E-state index contributed by atoms with van der Waals surface area (Å²) in [5.41, 5.74) is 9.31. The molecule has 1 aliphatic rings. The van der Waals surface area contributed by atoms with E-state index in [-0.39, 0.29) is 5.91 Å². The quantitative estimate of drug-likeness (QED) is 0.356. The molecule has 1 amide bonds. The Bertz CT molecular complexity index is 1270. The van der Waals surface area contributed by atoms with Crippen molar-refractivity contribution in [2.24, 2.45) is 0 Å². The molecule has 1 saturated heterocycles. The minimum absolute atomic E-state index is 0.251. The van der Waals surface area contributed by atoms with E-state index in [1.54, 1.807) is 0 Å². The maximum absolute atomic E-state index is 13.1. The van der Waals surface area contributed by atoms with Gasteiger partial charge in [0.2, 0.25) is 5.95 Å².